The normalized spacial score (nSPS) is 13.8. The third-order valence-electron chi connectivity index (χ3n) is 3.40. The Hall–Kier alpha value is -1.95. The summed E-state index contributed by atoms with van der Waals surface area (Å²) in [6.07, 6.45) is 4.61. The van der Waals surface area contributed by atoms with Crippen molar-refractivity contribution in [1.82, 2.24) is 9.97 Å². The first-order valence-corrected chi connectivity index (χ1v) is 7.41. The number of hydrogen-bond acceptors (Lipinski definition) is 5. The van der Waals surface area contributed by atoms with Gasteiger partial charge in [-0.1, -0.05) is 0 Å². The molecule has 2 N–H and O–H groups in total. The Bertz CT molecular complexity index is 643. The number of rotatable bonds is 3. The van der Waals surface area contributed by atoms with Crippen LogP contribution in [0.4, 0.5) is 10.9 Å². The Balaban J connectivity index is 1.82. The highest BCUT2D eigenvalue weighted by atomic mass is 32.1. The van der Waals surface area contributed by atoms with Gasteiger partial charge in [-0.2, -0.15) is 0 Å². The van der Waals surface area contributed by atoms with Crippen molar-refractivity contribution in [2.45, 2.75) is 32.6 Å². The molecular weight excluding hydrogens is 274 g/mol. The number of fused-ring (bicyclic) bond motifs is 1. The summed E-state index contributed by atoms with van der Waals surface area (Å²) < 4.78 is 0. The second-order valence-electron chi connectivity index (χ2n) is 4.86. The van der Waals surface area contributed by atoms with E-state index in [-0.39, 0.29) is 5.56 Å². The second kappa shape index (κ2) is 5.20. The summed E-state index contributed by atoms with van der Waals surface area (Å²) in [5.41, 5.74) is 1.93. The van der Waals surface area contributed by atoms with Crippen LogP contribution in [0, 0.1) is 6.92 Å². The molecule has 0 fully saturated rings. The molecule has 0 amide bonds. The van der Waals surface area contributed by atoms with E-state index in [4.69, 9.17) is 5.11 Å². The van der Waals surface area contributed by atoms with Crippen molar-refractivity contribution in [2.75, 3.05) is 5.32 Å². The Labute approximate surface area is 120 Å². The lowest BCUT2D eigenvalue weighted by atomic mass is 10.0. The number of anilines is 2. The van der Waals surface area contributed by atoms with Crippen molar-refractivity contribution in [3.05, 3.63) is 34.0 Å². The van der Waals surface area contributed by atoms with Gasteiger partial charge in [-0.25, -0.2) is 14.8 Å². The van der Waals surface area contributed by atoms with Crippen LogP contribution in [0.1, 0.15) is 39.5 Å². The van der Waals surface area contributed by atoms with Crippen LogP contribution in [0.25, 0.3) is 0 Å². The highest BCUT2D eigenvalue weighted by Gasteiger charge is 2.15. The van der Waals surface area contributed by atoms with Gasteiger partial charge < -0.3 is 10.4 Å². The quantitative estimate of drug-likeness (QED) is 0.907. The molecule has 6 heteroatoms. The van der Waals surface area contributed by atoms with Crippen molar-refractivity contribution in [3.8, 4) is 0 Å². The molecule has 0 aromatic carbocycles. The largest absolute Gasteiger partial charge is 0.478 e. The Morgan fingerprint density at radius 2 is 2.10 bits per heavy atom. The molecule has 0 aliphatic heterocycles. The van der Waals surface area contributed by atoms with Gasteiger partial charge in [0.2, 0.25) is 0 Å². The predicted octanol–water partition coefficient (Wildman–Crippen LogP) is 3.17. The number of carboxylic acid groups (broad SMARTS) is 1. The van der Waals surface area contributed by atoms with Gasteiger partial charge in [0.25, 0.3) is 0 Å². The Morgan fingerprint density at radius 3 is 2.80 bits per heavy atom. The summed E-state index contributed by atoms with van der Waals surface area (Å²) in [5, 5.41) is 13.0. The number of thiazole rings is 1. The summed E-state index contributed by atoms with van der Waals surface area (Å²) in [4.78, 5) is 21.2. The molecule has 2 aromatic heterocycles. The molecule has 5 nitrogen and oxygen atoms in total. The van der Waals surface area contributed by atoms with Gasteiger partial charge in [0.05, 0.1) is 17.0 Å². The number of aromatic carboxylic acids is 1. The summed E-state index contributed by atoms with van der Waals surface area (Å²) >= 11 is 1.67. The molecule has 0 saturated heterocycles. The summed E-state index contributed by atoms with van der Waals surface area (Å²) in [6, 6.07) is 3.25. The number of carboxylic acids is 1. The first kappa shape index (κ1) is 13.1. The number of pyridine rings is 1. The number of hydrogen-bond donors (Lipinski definition) is 2. The van der Waals surface area contributed by atoms with Gasteiger partial charge in [-0.05, 0) is 44.7 Å². The maximum atomic E-state index is 11.0. The van der Waals surface area contributed by atoms with Crippen LogP contribution in [-0.4, -0.2) is 21.0 Å². The number of aromatic nitrogens is 2. The molecule has 104 valence electrons. The smallest absolute Gasteiger partial charge is 0.337 e. The van der Waals surface area contributed by atoms with Crippen molar-refractivity contribution in [2.24, 2.45) is 0 Å². The average Bonchev–Trinajstić information content (AvgIpc) is 2.80. The van der Waals surface area contributed by atoms with E-state index < -0.39 is 5.97 Å². The van der Waals surface area contributed by atoms with Crippen LogP contribution in [0.2, 0.25) is 0 Å². The summed E-state index contributed by atoms with van der Waals surface area (Å²) in [7, 11) is 0. The van der Waals surface area contributed by atoms with E-state index in [2.05, 4.69) is 15.3 Å². The zero-order chi connectivity index (χ0) is 14.1. The third kappa shape index (κ3) is 2.51. The van der Waals surface area contributed by atoms with E-state index in [1.165, 1.54) is 23.4 Å². The highest BCUT2D eigenvalue weighted by molar-refractivity contribution is 7.15. The van der Waals surface area contributed by atoms with Gasteiger partial charge in [-0.3, -0.25) is 0 Å². The van der Waals surface area contributed by atoms with Crippen LogP contribution in [0.5, 0.6) is 0 Å². The zero-order valence-corrected chi connectivity index (χ0v) is 12.0. The molecule has 20 heavy (non-hydrogen) atoms. The SMILES string of the molecule is Cc1nc(Nc2nc3c(s2)CCCC3)ccc1C(=O)O. The molecule has 0 atom stereocenters. The second-order valence-corrected chi connectivity index (χ2v) is 5.94. The minimum absolute atomic E-state index is 0.231. The standard InChI is InChI=1S/C14H15N3O2S/c1-8-9(13(18)19)6-7-12(15-8)17-14-16-10-4-2-3-5-11(10)20-14/h6-7H,2-5H2,1H3,(H,18,19)(H,15,16,17). The molecule has 0 radical (unpaired) electrons. The van der Waals surface area contributed by atoms with Crippen molar-refractivity contribution in [1.29, 1.82) is 0 Å². The average molecular weight is 289 g/mol. The fraction of sp³-hybridized carbons (Fsp3) is 0.357. The lowest BCUT2D eigenvalue weighted by Gasteiger charge is -2.06. The molecule has 2 heterocycles. The van der Waals surface area contributed by atoms with E-state index in [1.54, 1.807) is 30.4 Å². The van der Waals surface area contributed by atoms with Gasteiger partial charge in [-0.15, -0.1) is 11.3 Å². The van der Waals surface area contributed by atoms with E-state index >= 15 is 0 Å². The molecule has 0 saturated carbocycles. The van der Waals surface area contributed by atoms with Crippen LogP contribution in [-0.2, 0) is 12.8 Å². The van der Waals surface area contributed by atoms with E-state index in [1.807, 2.05) is 0 Å². The van der Waals surface area contributed by atoms with Crippen LogP contribution < -0.4 is 5.32 Å². The minimum atomic E-state index is -0.953. The molecule has 0 spiro atoms. The molecular formula is C14H15N3O2S. The fourth-order valence-electron chi connectivity index (χ4n) is 2.37. The predicted molar refractivity (Wildman–Crippen MR) is 78.0 cm³/mol. The lowest BCUT2D eigenvalue weighted by molar-refractivity contribution is 0.0695. The molecule has 3 rings (SSSR count). The Morgan fingerprint density at radius 1 is 1.30 bits per heavy atom. The maximum Gasteiger partial charge on any atom is 0.337 e. The highest BCUT2D eigenvalue weighted by Crippen LogP contribution is 2.31. The van der Waals surface area contributed by atoms with Gasteiger partial charge in [0.1, 0.15) is 5.82 Å². The Kier molecular flexibility index (Phi) is 3.40. The first-order chi connectivity index (χ1) is 9.63. The van der Waals surface area contributed by atoms with Crippen molar-refractivity contribution < 1.29 is 9.90 Å². The van der Waals surface area contributed by atoms with E-state index in [0.717, 1.165) is 18.0 Å². The number of nitrogens with zero attached hydrogens (tertiary/aromatic N) is 2. The zero-order valence-electron chi connectivity index (χ0n) is 11.1. The molecule has 1 aliphatic rings. The molecule has 2 aromatic rings. The third-order valence-corrected chi connectivity index (χ3v) is 4.47. The number of nitrogens with one attached hydrogen (secondary N) is 1. The lowest BCUT2D eigenvalue weighted by Crippen LogP contribution is -2.03. The van der Waals surface area contributed by atoms with Gasteiger partial charge >= 0.3 is 5.97 Å². The molecule has 0 bridgehead atoms. The van der Waals surface area contributed by atoms with Gasteiger partial charge in [0, 0.05) is 4.88 Å². The fourth-order valence-corrected chi connectivity index (χ4v) is 3.43. The van der Waals surface area contributed by atoms with E-state index in [0.29, 0.717) is 11.5 Å². The number of aryl methyl sites for hydroxylation is 3. The van der Waals surface area contributed by atoms with Crippen LogP contribution >= 0.6 is 11.3 Å². The topological polar surface area (TPSA) is 75.1 Å². The molecule has 1 aliphatic carbocycles. The first-order valence-electron chi connectivity index (χ1n) is 6.60. The summed E-state index contributed by atoms with van der Waals surface area (Å²) in [5.74, 6) is -0.315. The number of carbonyl (C=O) groups is 1. The summed E-state index contributed by atoms with van der Waals surface area (Å²) in [6.45, 7) is 1.70. The van der Waals surface area contributed by atoms with Crippen molar-refractivity contribution >= 4 is 28.3 Å². The monoisotopic (exact) mass is 289 g/mol. The molecule has 0 unspecified atom stereocenters. The van der Waals surface area contributed by atoms with Crippen LogP contribution in [0.3, 0.4) is 0 Å². The van der Waals surface area contributed by atoms with Crippen LogP contribution in [0.15, 0.2) is 12.1 Å². The van der Waals surface area contributed by atoms with E-state index in [9.17, 15) is 4.79 Å². The maximum absolute atomic E-state index is 11.0. The minimum Gasteiger partial charge on any atom is -0.478 e. The van der Waals surface area contributed by atoms with Gasteiger partial charge in [0.15, 0.2) is 5.13 Å². The van der Waals surface area contributed by atoms with Crippen molar-refractivity contribution in [3.63, 3.8) is 0 Å².